The van der Waals surface area contributed by atoms with E-state index < -0.39 is 39.2 Å². The normalized spacial score (nSPS) is 12.3. The molecule has 1 aromatic heterocycles. The number of benzene rings is 2. The molecule has 1 heterocycles. The maximum Gasteiger partial charge on any atom is 0.228 e. The van der Waals surface area contributed by atoms with Crippen molar-refractivity contribution in [1.82, 2.24) is 4.98 Å². The van der Waals surface area contributed by atoms with Crippen LogP contribution < -0.4 is 10.1 Å². The highest BCUT2D eigenvalue weighted by atomic mass is 35.5. The molecule has 0 aliphatic heterocycles. The zero-order valence-corrected chi connectivity index (χ0v) is 21.1. The second-order valence-electron chi connectivity index (χ2n) is 7.76. The molecule has 1 amide bonds. The summed E-state index contributed by atoms with van der Waals surface area (Å²) in [7, 11) is -3.35. The highest BCUT2D eigenvalue weighted by Gasteiger charge is 2.19. The Hall–Kier alpha value is -2.75. The molecule has 3 aromatic rings. The Morgan fingerprint density at radius 3 is 2.31 bits per heavy atom. The molecular formula is C24H22Cl2F2N2O4S. The smallest absolute Gasteiger partial charge is 0.228 e. The lowest BCUT2D eigenvalue weighted by Crippen LogP contribution is -2.18. The van der Waals surface area contributed by atoms with Crippen LogP contribution in [0.4, 0.5) is 14.5 Å². The number of aromatic nitrogens is 1. The van der Waals surface area contributed by atoms with E-state index in [1.165, 1.54) is 36.5 Å². The van der Waals surface area contributed by atoms with Crippen molar-refractivity contribution in [2.75, 3.05) is 11.1 Å². The second kappa shape index (κ2) is 11.3. The molecular weight excluding hydrogens is 521 g/mol. The number of hydrogen-bond acceptors (Lipinski definition) is 5. The van der Waals surface area contributed by atoms with Gasteiger partial charge in [0, 0.05) is 30.4 Å². The van der Waals surface area contributed by atoms with E-state index >= 15 is 0 Å². The summed E-state index contributed by atoms with van der Waals surface area (Å²) in [6.07, 6.45) is 0.825. The number of carbonyl (C=O) groups excluding carboxylic acids is 1. The number of sulfone groups is 1. The van der Waals surface area contributed by atoms with Crippen LogP contribution >= 0.6 is 23.2 Å². The Bertz CT molecular complexity index is 1310. The van der Waals surface area contributed by atoms with E-state index in [4.69, 9.17) is 27.9 Å². The molecule has 0 aliphatic rings. The molecule has 0 bridgehead atoms. The molecule has 3 rings (SSSR count). The van der Waals surface area contributed by atoms with Gasteiger partial charge < -0.3 is 10.1 Å². The monoisotopic (exact) mass is 542 g/mol. The molecule has 0 aliphatic carbocycles. The van der Waals surface area contributed by atoms with Crippen molar-refractivity contribution in [2.24, 2.45) is 0 Å². The molecule has 2 aromatic carbocycles. The van der Waals surface area contributed by atoms with Crippen molar-refractivity contribution >= 4 is 44.6 Å². The van der Waals surface area contributed by atoms with Crippen molar-refractivity contribution in [3.05, 3.63) is 81.6 Å². The molecule has 1 atom stereocenters. The minimum atomic E-state index is -3.35. The first kappa shape index (κ1) is 26.8. The topological polar surface area (TPSA) is 85.4 Å². The lowest BCUT2D eigenvalue weighted by Gasteiger charge is -2.17. The highest BCUT2D eigenvalue weighted by Crippen LogP contribution is 2.28. The van der Waals surface area contributed by atoms with Gasteiger partial charge in [-0.1, -0.05) is 42.3 Å². The van der Waals surface area contributed by atoms with Crippen LogP contribution in [-0.4, -0.2) is 31.2 Å². The van der Waals surface area contributed by atoms with E-state index in [0.29, 0.717) is 21.3 Å². The number of amides is 1. The summed E-state index contributed by atoms with van der Waals surface area (Å²) < 4.78 is 58.3. The van der Waals surface area contributed by atoms with Crippen molar-refractivity contribution < 1.29 is 26.7 Å². The summed E-state index contributed by atoms with van der Waals surface area (Å²) in [5.74, 6) is -3.13. The van der Waals surface area contributed by atoms with Gasteiger partial charge in [-0.05, 0) is 30.7 Å². The fraction of sp³-hybridized carbons (Fsp3) is 0.250. The highest BCUT2D eigenvalue weighted by molar-refractivity contribution is 7.91. The number of hydrogen-bond donors (Lipinski definition) is 1. The van der Waals surface area contributed by atoms with Gasteiger partial charge in [-0.3, -0.25) is 9.78 Å². The Labute approximate surface area is 212 Å². The van der Waals surface area contributed by atoms with Gasteiger partial charge in [-0.25, -0.2) is 17.2 Å². The van der Waals surface area contributed by atoms with E-state index in [-0.39, 0.29) is 29.2 Å². The quantitative estimate of drug-likeness (QED) is 0.377. The first-order chi connectivity index (χ1) is 16.5. The number of ether oxygens (including phenoxy) is 1. The Balaban J connectivity index is 1.64. The van der Waals surface area contributed by atoms with Gasteiger partial charge in [-0.2, -0.15) is 0 Å². The lowest BCUT2D eigenvalue weighted by atomic mass is 10.1. The molecule has 0 spiro atoms. The number of carbonyl (C=O) groups is 1. The average molecular weight is 543 g/mol. The zero-order chi connectivity index (χ0) is 25.8. The molecule has 1 N–H and O–H groups in total. The van der Waals surface area contributed by atoms with E-state index in [1.807, 2.05) is 0 Å². The van der Waals surface area contributed by atoms with E-state index in [2.05, 4.69) is 10.3 Å². The summed E-state index contributed by atoms with van der Waals surface area (Å²) >= 11 is 11.9. The van der Waals surface area contributed by atoms with Crippen molar-refractivity contribution in [1.29, 1.82) is 0 Å². The van der Waals surface area contributed by atoms with Crippen LogP contribution in [-0.2, 0) is 27.5 Å². The Morgan fingerprint density at radius 2 is 1.74 bits per heavy atom. The number of rotatable bonds is 9. The van der Waals surface area contributed by atoms with Crippen LogP contribution in [0, 0.1) is 11.6 Å². The first-order valence-electron chi connectivity index (χ1n) is 10.6. The van der Waals surface area contributed by atoms with Crippen LogP contribution in [0.5, 0.6) is 5.75 Å². The molecule has 35 heavy (non-hydrogen) atoms. The van der Waals surface area contributed by atoms with Crippen LogP contribution in [0.15, 0.2) is 53.6 Å². The number of pyridine rings is 1. The molecule has 0 fully saturated rings. The molecule has 0 saturated carbocycles. The summed E-state index contributed by atoms with van der Waals surface area (Å²) in [4.78, 5) is 16.6. The predicted molar refractivity (Wildman–Crippen MR) is 131 cm³/mol. The van der Waals surface area contributed by atoms with Gasteiger partial charge in [0.2, 0.25) is 5.91 Å². The average Bonchev–Trinajstić information content (AvgIpc) is 2.78. The molecule has 0 radical (unpaired) electrons. The second-order valence-corrected chi connectivity index (χ2v) is 10.9. The van der Waals surface area contributed by atoms with Crippen molar-refractivity contribution in [3.63, 3.8) is 0 Å². The summed E-state index contributed by atoms with van der Waals surface area (Å²) in [6, 6.07) is 9.29. The summed E-state index contributed by atoms with van der Waals surface area (Å²) in [5.41, 5.74) is 0.924. The van der Waals surface area contributed by atoms with Crippen molar-refractivity contribution in [2.45, 2.75) is 37.7 Å². The number of halogens is 4. The molecule has 0 saturated heterocycles. The van der Waals surface area contributed by atoms with Crippen LogP contribution in [0.25, 0.3) is 0 Å². The third-order valence-corrected chi connectivity index (χ3v) is 7.28. The maximum atomic E-state index is 14.6. The fourth-order valence-corrected chi connectivity index (χ4v) is 4.57. The Morgan fingerprint density at radius 1 is 1.11 bits per heavy atom. The zero-order valence-electron chi connectivity index (χ0n) is 18.8. The number of nitrogens with one attached hydrogen (secondary N) is 1. The van der Waals surface area contributed by atoms with Crippen LogP contribution in [0.2, 0.25) is 10.0 Å². The van der Waals surface area contributed by atoms with Gasteiger partial charge >= 0.3 is 0 Å². The minimum absolute atomic E-state index is 0.0335. The van der Waals surface area contributed by atoms with Gasteiger partial charge in [-0.15, -0.1) is 0 Å². The van der Waals surface area contributed by atoms with Gasteiger partial charge in [0.25, 0.3) is 0 Å². The van der Waals surface area contributed by atoms with E-state index in [9.17, 15) is 22.0 Å². The van der Waals surface area contributed by atoms with Crippen LogP contribution in [0.1, 0.15) is 25.1 Å². The molecule has 186 valence electrons. The SMILES string of the molecule is CCS(=O)(=O)c1ccc(CC(=O)Nc2cc(F)c(OC(C)Cc3ncc(Cl)cc3Cl)c(F)c2)cc1. The molecule has 1 unspecified atom stereocenters. The largest absolute Gasteiger partial charge is 0.484 e. The number of nitrogens with zero attached hydrogens (tertiary/aromatic N) is 1. The van der Waals surface area contributed by atoms with E-state index in [0.717, 1.165) is 12.1 Å². The predicted octanol–water partition coefficient (Wildman–Crippen LogP) is 5.65. The number of anilines is 1. The molecule has 6 nitrogen and oxygen atoms in total. The van der Waals surface area contributed by atoms with Gasteiger partial charge in [0.15, 0.2) is 27.2 Å². The maximum absolute atomic E-state index is 14.6. The molecule has 11 heteroatoms. The van der Waals surface area contributed by atoms with Gasteiger partial charge in [0.1, 0.15) is 6.10 Å². The minimum Gasteiger partial charge on any atom is -0.484 e. The lowest BCUT2D eigenvalue weighted by molar-refractivity contribution is -0.115. The summed E-state index contributed by atoms with van der Waals surface area (Å²) in [6.45, 7) is 3.15. The third kappa shape index (κ3) is 7.13. The van der Waals surface area contributed by atoms with Crippen molar-refractivity contribution in [3.8, 4) is 5.75 Å². The van der Waals surface area contributed by atoms with Crippen LogP contribution in [0.3, 0.4) is 0 Å². The third-order valence-electron chi connectivity index (χ3n) is 4.99. The standard InChI is InChI=1S/C24H22Cl2F2N2O4S/c1-3-35(32,33)18-6-4-15(5-7-18)9-23(31)30-17-11-20(27)24(21(28)12-17)34-14(2)8-22-19(26)10-16(25)13-29-22/h4-7,10-14H,3,8-9H2,1-2H3,(H,30,31). The first-order valence-corrected chi connectivity index (χ1v) is 13.0. The summed E-state index contributed by atoms with van der Waals surface area (Å²) in [5, 5.41) is 3.11. The Kier molecular flexibility index (Phi) is 8.69. The fourth-order valence-electron chi connectivity index (χ4n) is 3.22. The van der Waals surface area contributed by atoms with Gasteiger partial charge in [0.05, 0.1) is 32.8 Å². The van der Waals surface area contributed by atoms with E-state index in [1.54, 1.807) is 13.8 Å².